The van der Waals surface area contributed by atoms with E-state index in [0.717, 1.165) is 6.42 Å². The molecule has 0 radical (unpaired) electrons. The summed E-state index contributed by atoms with van der Waals surface area (Å²) in [5, 5.41) is 0. The summed E-state index contributed by atoms with van der Waals surface area (Å²) >= 11 is 0. The molecule has 118 valence electrons. The fraction of sp³-hybridized carbons (Fsp3) is 0.500. The van der Waals surface area contributed by atoms with E-state index in [-0.39, 0.29) is 18.6 Å². The fourth-order valence-corrected chi connectivity index (χ4v) is 2.74. The molecule has 0 aliphatic carbocycles. The van der Waals surface area contributed by atoms with Crippen LogP contribution in [-0.4, -0.2) is 54.6 Å². The van der Waals surface area contributed by atoms with Crippen LogP contribution in [0.25, 0.3) is 0 Å². The van der Waals surface area contributed by atoms with Gasteiger partial charge in [-0.25, -0.2) is 0 Å². The summed E-state index contributed by atoms with van der Waals surface area (Å²) in [6.07, 6.45) is 1.44. The SMILES string of the molecule is CCCC(=O)N1CCN(C(=O)c2ccc3c(c2)OCO3)CC1. The van der Waals surface area contributed by atoms with Crippen molar-refractivity contribution in [2.45, 2.75) is 19.8 Å². The Morgan fingerprint density at radius 3 is 2.45 bits per heavy atom. The number of carbonyl (C=O) groups excluding carboxylic acids is 2. The van der Waals surface area contributed by atoms with Crippen LogP contribution in [0.1, 0.15) is 30.1 Å². The highest BCUT2D eigenvalue weighted by Crippen LogP contribution is 2.32. The van der Waals surface area contributed by atoms with Crippen molar-refractivity contribution in [2.75, 3.05) is 33.0 Å². The van der Waals surface area contributed by atoms with E-state index in [2.05, 4.69) is 0 Å². The first kappa shape index (κ1) is 14.7. The van der Waals surface area contributed by atoms with E-state index in [0.29, 0.717) is 49.7 Å². The maximum absolute atomic E-state index is 12.5. The molecule has 0 N–H and O–H groups in total. The molecule has 0 unspecified atom stereocenters. The minimum absolute atomic E-state index is 0.0270. The Hall–Kier alpha value is -2.24. The fourth-order valence-electron chi connectivity index (χ4n) is 2.74. The van der Waals surface area contributed by atoms with Crippen LogP contribution in [0.3, 0.4) is 0 Å². The van der Waals surface area contributed by atoms with Crippen molar-refractivity contribution in [3.05, 3.63) is 23.8 Å². The van der Waals surface area contributed by atoms with E-state index in [9.17, 15) is 9.59 Å². The standard InChI is InChI=1S/C16H20N2O4/c1-2-3-15(19)17-6-8-18(9-7-17)16(20)12-4-5-13-14(10-12)22-11-21-13/h4-5,10H,2-3,6-9,11H2,1H3. The Labute approximate surface area is 129 Å². The van der Waals surface area contributed by atoms with Crippen LogP contribution in [0.5, 0.6) is 11.5 Å². The second kappa shape index (κ2) is 6.25. The molecule has 3 rings (SSSR count). The number of nitrogens with zero attached hydrogens (tertiary/aromatic N) is 2. The van der Waals surface area contributed by atoms with Crippen molar-refractivity contribution in [2.24, 2.45) is 0 Å². The number of hydrogen-bond donors (Lipinski definition) is 0. The maximum Gasteiger partial charge on any atom is 0.254 e. The zero-order valence-electron chi connectivity index (χ0n) is 12.7. The van der Waals surface area contributed by atoms with Crippen molar-refractivity contribution in [3.63, 3.8) is 0 Å². The zero-order valence-corrected chi connectivity index (χ0v) is 12.7. The minimum Gasteiger partial charge on any atom is -0.454 e. The first-order valence-electron chi connectivity index (χ1n) is 7.65. The molecule has 0 spiro atoms. The number of carbonyl (C=O) groups is 2. The topological polar surface area (TPSA) is 59.1 Å². The molecule has 6 heteroatoms. The summed E-state index contributed by atoms with van der Waals surface area (Å²) in [4.78, 5) is 28.0. The number of amides is 2. The Morgan fingerprint density at radius 2 is 1.73 bits per heavy atom. The van der Waals surface area contributed by atoms with Gasteiger partial charge in [-0.1, -0.05) is 6.92 Å². The molecule has 0 aromatic heterocycles. The van der Waals surface area contributed by atoms with Gasteiger partial charge in [0.25, 0.3) is 5.91 Å². The molecule has 22 heavy (non-hydrogen) atoms. The van der Waals surface area contributed by atoms with E-state index < -0.39 is 0 Å². The number of hydrogen-bond acceptors (Lipinski definition) is 4. The Morgan fingerprint density at radius 1 is 1.05 bits per heavy atom. The zero-order chi connectivity index (χ0) is 15.5. The molecule has 2 aliphatic heterocycles. The van der Waals surface area contributed by atoms with E-state index in [4.69, 9.17) is 9.47 Å². The summed E-state index contributed by atoms with van der Waals surface area (Å²) < 4.78 is 10.6. The van der Waals surface area contributed by atoms with Gasteiger partial charge < -0.3 is 19.3 Å². The maximum atomic E-state index is 12.5. The molecule has 2 aliphatic rings. The molecule has 2 amide bonds. The van der Waals surface area contributed by atoms with Crippen molar-refractivity contribution in [1.29, 1.82) is 0 Å². The third-order valence-corrected chi connectivity index (χ3v) is 4.00. The van der Waals surface area contributed by atoms with Crippen LogP contribution in [0.4, 0.5) is 0 Å². The molecule has 1 aromatic rings. The van der Waals surface area contributed by atoms with E-state index in [1.807, 2.05) is 11.8 Å². The van der Waals surface area contributed by atoms with Gasteiger partial charge in [0.2, 0.25) is 12.7 Å². The van der Waals surface area contributed by atoms with Crippen LogP contribution in [0, 0.1) is 0 Å². The lowest BCUT2D eigenvalue weighted by molar-refractivity contribution is -0.132. The average molecular weight is 304 g/mol. The lowest BCUT2D eigenvalue weighted by Gasteiger charge is -2.34. The summed E-state index contributed by atoms with van der Waals surface area (Å²) in [7, 11) is 0. The van der Waals surface area contributed by atoms with Gasteiger partial charge in [0.15, 0.2) is 11.5 Å². The van der Waals surface area contributed by atoms with Crippen LogP contribution in [-0.2, 0) is 4.79 Å². The third kappa shape index (κ3) is 2.86. The molecular weight excluding hydrogens is 284 g/mol. The van der Waals surface area contributed by atoms with Gasteiger partial charge in [-0.15, -0.1) is 0 Å². The lowest BCUT2D eigenvalue weighted by atomic mass is 10.1. The van der Waals surface area contributed by atoms with Gasteiger partial charge in [-0.2, -0.15) is 0 Å². The summed E-state index contributed by atoms with van der Waals surface area (Å²) in [5.74, 6) is 1.44. The second-order valence-electron chi connectivity index (χ2n) is 5.49. The van der Waals surface area contributed by atoms with Crippen LogP contribution < -0.4 is 9.47 Å². The number of benzene rings is 1. The highest BCUT2D eigenvalue weighted by atomic mass is 16.7. The minimum atomic E-state index is -0.0270. The van der Waals surface area contributed by atoms with Gasteiger partial charge in [-0.3, -0.25) is 9.59 Å². The van der Waals surface area contributed by atoms with E-state index in [1.165, 1.54) is 0 Å². The van der Waals surface area contributed by atoms with Crippen LogP contribution in [0.2, 0.25) is 0 Å². The lowest BCUT2D eigenvalue weighted by Crippen LogP contribution is -2.50. The first-order chi connectivity index (χ1) is 10.7. The molecule has 1 saturated heterocycles. The van der Waals surface area contributed by atoms with Gasteiger partial charge in [0, 0.05) is 38.2 Å². The number of piperazine rings is 1. The number of ether oxygens (including phenoxy) is 2. The van der Waals surface area contributed by atoms with Gasteiger partial charge in [-0.05, 0) is 24.6 Å². The van der Waals surface area contributed by atoms with Crippen molar-refractivity contribution in [1.82, 2.24) is 9.80 Å². The highest BCUT2D eigenvalue weighted by molar-refractivity contribution is 5.95. The van der Waals surface area contributed by atoms with Gasteiger partial charge >= 0.3 is 0 Å². The normalized spacial score (nSPS) is 16.8. The second-order valence-corrected chi connectivity index (χ2v) is 5.49. The van der Waals surface area contributed by atoms with Crippen molar-refractivity contribution in [3.8, 4) is 11.5 Å². The van der Waals surface area contributed by atoms with Crippen molar-refractivity contribution < 1.29 is 19.1 Å². The Bertz CT molecular complexity index is 580. The molecule has 0 atom stereocenters. The van der Waals surface area contributed by atoms with Gasteiger partial charge in [0.05, 0.1) is 0 Å². The molecule has 0 saturated carbocycles. The average Bonchev–Trinajstić information content (AvgIpc) is 3.02. The van der Waals surface area contributed by atoms with Gasteiger partial charge in [0.1, 0.15) is 0 Å². The largest absolute Gasteiger partial charge is 0.454 e. The summed E-state index contributed by atoms with van der Waals surface area (Å²) in [5.41, 5.74) is 0.595. The van der Waals surface area contributed by atoms with Crippen molar-refractivity contribution >= 4 is 11.8 Å². The molecule has 6 nitrogen and oxygen atoms in total. The molecule has 0 bridgehead atoms. The van der Waals surface area contributed by atoms with E-state index >= 15 is 0 Å². The summed E-state index contributed by atoms with van der Waals surface area (Å²) in [6.45, 7) is 4.55. The molecular formula is C16H20N2O4. The monoisotopic (exact) mass is 304 g/mol. The smallest absolute Gasteiger partial charge is 0.254 e. The predicted molar refractivity (Wildman–Crippen MR) is 80.0 cm³/mol. The van der Waals surface area contributed by atoms with Crippen LogP contribution >= 0.6 is 0 Å². The Kier molecular flexibility index (Phi) is 4.18. The van der Waals surface area contributed by atoms with Crippen LogP contribution in [0.15, 0.2) is 18.2 Å². The number of rotatable bonds is 3. The molecule has 1 aromatic carbocycles. The molecule has 1 fully saturated rings. The number of fused-ring (bicyclic) bond motifs is 1. The third-order valence-electron chi connectivity index (χ3n) is 4.00. The van der Waals surface area contributed by atoms with E-state index in [1.54, 1.807) is 23.1 Å². The predicted octanol–water partition coefficient (Wildman–Crippen LogP) is 1.50. The highest BCUT2D eigenvalue weighted by Gasteiger charge is 2.25. The Balaban J connectivity index is 1.61. The quantitative estimate of drug-likeness (QED) is 0.849. The first-order valence-corrected chi connectivity index (χ1v) is 7.65. The summed E-state index contributed by atoms with van der Waals surface area (Å²) in [6, 6.07) is 5.24. The molecule has 2 heterocycles.